The number of hydrogen-bond donors (Lipinski definition) is 3. The van der Waals surface area contributed by atoms with E-state index >= 15 is 0 Å². The predicted molar refractivity (Wildman–Crippen MR) is 90.5 cm³/mol. The van der Waals surface area contributed by atoms with Gasteiger partial charge in [0.2, 0.25) is 0 Å². The van der Waals surface area contributed by atoms with Crippen LogP contribution in [0.25, 0.3) is 0 Å². The fraction of sp³-hybridized carbons (Fsp3) is 0.733. The van der Waals surface area contributed by atoms with Crippen LogP contribution in [-0.4, -0.2) is 54.2 Å². The van der Waals surface area contributed by atoms with Gasteiger partial charge >= 0.3 is 0 Å². The summed E-state index contributed by atoms with van der Waals surface area (Å²) in [5, 5.41) is 13.6. The van der Waals surface area contributed by atoms with Gasteiger partial charge in [0.05, 0.1) is 0 Å². The van der Waals surface area contributed by atoms with Crippen molar-refractivity contribution in [3.63, 3.8) is 0 Å². The summed E-state index contributed by atoms with van der Waals surface area (Å²) in [7, 11) is 4.10. The molecule has 0 spiro atoms. The van der Waals surface area contributed by atoms with Gasteiger partial charge in [0, 0.05) is 43.4 Å². The first-order chi connectivity index (χ1) is 9.81. The zero-order chi connectivity index (χ0) is 15.6. The lowest BCUT2D eigenvalue weighted by atomic mass is 9.85. The highest BCUT2D eigenvalue weighted by Gasteiger charge is 2.30. The predicted octanol–water partition coefficient (Wildman–Crippen LogP) is 1.18. The van der Waals surface area contributed by atoms with Gasteiger partial charge < -0.3 is 15.5 Å². The van der Waals surface area contributed by atoms with E-state index < -0.39 is 0 Å². The van der Waals surface area contributed by atoms with E-state index in [0.29, 0.717) is 12.2 Å². The largest absolute Gasteiger partial charge is 0.348 e. The lowest BCUT2D eigenvalue weighted by Crippen LogP contribution is -2.47. The van der Waals surface area contributed by atoms with Gasteiger partial charge in [-0.25, -0.2) is 0 Å². The Balaban J connectivity index is 0.00000242. The smallest absolute Gasteiger partial charge is 0.272 e. The molecule has 3 N–H and O–H groups in total. The van der Waals surface area contributed by atoms with Crippen LogP contribution in [0.4, 0.5) is 0 Å². The molecule has 1 aromatic rings. The van der Waals surface area contributed by atoms with E-state index in [1.165, 1.54) is 0 Å². The standard InChI is InChI=1S/C15H27N5O.ClH/c1-10(15(2,3)9-20(4)5)17-14(21)13-11-8-16-7-6-12(11)18-19-13;/h10,16H,6-9H2,1-5H3,(H,17,21)(H,18,19);1H. The molecular formula is C15H28ClN5O. The molecule has 0 bridgehead atoms. The maximum Gasteiger partial charge on any atom is 0.272 e. The molecule has 1 amide bonds. The van der Waals surface area contributed by atoms with Crippen molar-refractivity contribution in [2.45, 2.75) is 39.8 Å². The number of amides is 1. The molecule has 6 nitrogen and oxygen atoms in total. The Labute approximate surface area is 138 Å². The Kier molecular flexibility index (Phi) is 6.40. The van der Waals surface area contributed by atoms with E-state index in [2.05, 4.69) is 46.5 Å². The Morgan fingerprint density at radius 2 is 2.14 bits per heavy atom. The van der Waals surface area contributed by atoms with Crippen molar-refractivity contribution < 1.29 is 4.79 Å². The minimum atomic E-state index is -0.0875. The van der Waals surface area contributed by atoms with Crippen molar-refractivity contribution in [3.05, 3.63) is 17.0 Å². The van der Waals surface area contributed by atoms with Crippen LogP contribution in [0.3, 0.4) is 0 Å². The first-order valence-electron chi connectivity index (χ1n) is 7.53. The van der Waals surface area contributed by atoms with E-state index in [1.54, 1.807) is 0 Å². The molecule has 126 valence electrons. The highest BCUT2D eigenvalue weighted by Crippen LogP contribution is 2.22. The molecule has 2 rings (SSSR count). The average Bonchev–Trinajstić information content (AvgIpc) is 2.80. The quantitative estimate of drug-likeness (QED) is 0.758. The molecule has 0 saturated carbocycles. The van der Waals surface area contributed by atoms with Gasteiger partial charge in [0.1, 0.15) is 0 Å². The van der Waals surface area contributed by atoms with Gasteiger partial charge in [-0.3, -0.25) is 9.89 Å². The maximum atomic E-state index is 12.5. The molecule has 1 aliphatic heterocycles. The lowest BCUT2D eigenvalue weighted by Gasteiger charge is -2.34. The summed E-state index contributed by atoms with van der Waals surface area (Å²) >= 11 is 0. The summed E-state index contributed by atoms with van der Waals surface area (Å²) in [6, 6.07) is 0.0660. The first-order valence-corrected chi connectivity index (χ1v) is 7.53. The van der Waals surface area contributed by atoms with Crippen LogP contribution in [0.5, 0.6) is 0 Å². The van der Waals surface area contributed by atoms with Crippen LogP contribution >= 0.6 is 12.4 Å². The molecule has 22 heavy (non-hydrogen) atoms. The van der Waals surface area contributed by atoms with E-state index in [9.17, 15) is 4.79 Å². The van der Waals surface area contributed by atoms with Crippen molar-refractivity contribution in [1.29, 1.82) is 0 Å². The second-order valence-electron chi connectivity index (χ2n) is 6.88. The fourth-order valence-electron chi connectivity index (χ4n) is 2.83. The number of carbonyl (C=O) groups excluding carboxylic acids is 1. The summed E-state index contributed by atoms with van der Waals surface area (Å²) in [5.74, 6) is -0.0875. The van der Waals surface area contributed by atoms with Crippen LogP contribution in [0.2, 0.25) is 0 Å². The molecule has 1 unspecified atom stereocenters. The number of nitrogens with one attached hydrogen (secondary N) is 3. The SMILES string of the molecule is CC(NC(=O)c1n[nH]c2c1CNCC2)C(C)(C)CN(C)C.Cl. The molecule has 0 aromatic carbocycles. The molecule has 0 saturated heterocycles. The minimum absolute atomic E-state index is 0. The lowest BCUT2D eigenvalue weighted by molar-refractivity contribution is 0.0879. The number of fused-ring (bicyclic) bond motifs is 1. The van der Waals surface area contributed by atoms with Crippen molar-refractivity contribution in [3.8, 4) is 0 Å². The summed E-state index contributed by atoms with van der Waals surface area (Å²) in [5.41, 5.74) is 2.62. The zero-order valence-corrected chi connectivity index (χ0v) is 14.9. The highest BCUT2D eigenvalue weighted by molar-refractivity contribution is 5.94. The zero-order valence-electron chi connectivity index (χ0n) is 14.1. The van der Waals surface area contributed by atoms with Crippen molar-refractivity contribution in [1.82, 2.24) is 25.7 Å². The number of aromatic amines is 1. The maximum absolute atomic E-state index is 12.5. The number of hydrogen-bond acceptors (Lipinski definition) is 4. The molecule has 0 fully saturated rings. The van der Waals surface area contributed by atoms with Crippen molar-refractivity contribution in [2.24, 2.45) is 5.41 Å². The second kappa shape index (κ2) is 7.44. The van der Waals surface area contributed by atoms with Crippen LogP contribution in [0, 0.1) is 5.41 Å². The summed E-state index contributed by atoms with van der Waals surface area (Å²) in [4.78, 5) is 14.6. The number of rotatable bonds is 5. The third kappa shape index (κ3) is 4.21. The van der Waals surface area contributed by atoms with Gasteiger partial charge in [-0.05, 0) is 26.4 Å². The normalized spacial score (nSPS) is 15.9. The van der Waals surface area contributed by atoms with Gasteiger partial charge in [-0.15, -0.1) is 12.4 Å². The topological polar surface area (TPSA) is 73.0 Å². The van der Waals surface area contributed by atoms with Crippen LogP contribution < -0.4 is 10.6 Å². The van der Waals surface area contributed by atoms with E-state index in [-0.39, 0.29) is 29.8 Å². The van der Waals surface area contributed by atoms with Crippen molar-refractivity contribution in [2.75, 3.05) is 27.2 Å². The molecule has 1 atom stereocenters. The Morgan fingerprint density at radius 1 is 1.45 bits per heavy atom. The summed E-state index contributed by atoms with van der Waals surface area (Å²) in [6.07, 6.45) is 0.900. The Hall–Kier alpha value is -1.11. The number of carbonyl (C=O) groups is 1. The third-order valence-corrected chi connectivity index (χ3v) is 4.26. The summed E-state index contributed by atoms with van der Waals surface area (Å²) in [6.45, 7) is 8.94. The second-order valence-corrected chi connectivity index (χ2v) is 6.88. The van der Waals surface area contributed by atoms with Crippen LogP contribution in [0.1, 0.15) is 42.5 Å². The number of nitrogens with zero attached hydrogens (tertiary/aromatic N) is 2. The van der Waals surface area contributed by atoms with Gasteiger partial charge in [0.25, 0.3) is 5.91 Å². The molecule has 7 heteroatoms. The number of halogens is 1. The van der Waals surface area contributed by atoms with Crippen LogP contribution in [-0.2, 0) is 13.0 Å². The Bertz CT molecular complexity index is 512. The first kappa shape index (κ1) is 18.9. The van der Waals surface area contributed by atoms with Crippen LogP contribution in [0.15, 0.2) is 0 Å². The fourth-order valence-corrected chi connectivity index (χ4v) is 2.83. The minimum Gasteiger partial charge on any atom is -0.348 e. The molecular weight excluding hydrogens is 302 g/mol. The molecule has 0 radical (unpaired) electrons. The highest BCUT2D eigenvalue weighted by atomic mass is 35.5. The van der Waals surface area contributed by atoms with Gasteiger partial charge in [-0.2, -0.15) is 5.10 Å². The average molecular weight is 330 g/mol. The monoisotopic (exact) mass is 329 g/mol. The van der Waals surface area contributed by atoms with Gasteiger partial charge in [0.15, 0.2) is 5.69 Å². The van der Waals surface area contributed by atoms with E-state index in [0.717, 1.165) is 30.8 Å². The molecule has 2 heterocycles. The molecule has 1 aromatic heterocycles. The Morgan fingerprint density at radius 3 is 2.77 bits per heavy atom. The van der Waals surface area contributed by atoms with E-state index in [1.807, 2.05) is 14.1 Å². The number of aromatic nitrogens is 2. The van der Waals surface area contributed by atoms with E-state index in [4.69, 9.17) is 0 Å². The molecule has 0 aliphatic carbocycles. The summed E-state index contributed by atoms with van der Waals surface area (Å²) < 4.78 is 0. The third-order valence-electron chi connectivity index (χ3n) is 4.26. The van der Waals surface area contributed by atoms with Crippen molar-refractivity contribution >= 4 is 18.3 Å². The van der Waals surface area contributed by atoms with Gasteiger partial charge in [-0.1, -0.05) is 13.8 Å². The molecule has 1 aliphatic rings. The number of H-pyrrole nitrogens is 1.